The van der Waals surface area contributed by atoms with E-state index in [1.54, 1.807) is 44.2 Å². The fraction of sp³-hybridized carbons (Fsp3) is 0.312. The predicted molar refractivity (Wildman–Crippen MR) is 144 cm³/mol. The monoisotopic (exact) mass is 544 g/mol. The lowest BCUT2D eigenvalue weighted by atomic mass is 9.75. The summed E-state index contributed by atoms with van der Waals surface area (Å²) in [7, 11) is 0. The van der Waals surface area contributed by atoms with Gasteiger partial charge >= 0.3 is 6.61 Å². The molecule has 4 aliphatic rings. The summed E-state index contributed by atoms with van der Waals surface area (Å²) in [5, 5.41) is 20.1. The minimum absolute atomic E-state index is 0.0797. The molecule has 1 fully saturated rings. The molecule has 2 aromatic carbocycles. The summed E-state index contributed by atoms with van der Waals surface area (Å²) in [6, 6.07) is 8.63. The molecule has 40 heavy (non-hydrogen) atoms. The van der Waals surface area contributed by atoms with Crippen LogP contribution in [0.1, 0.15) is 54.3 Å². The third-order valence-corrected chi connectivity index (χ3v) is 8.59. The lowest BCUT2D eigenvalue weighted by Crippen LogP contribution is -2.19. The summed E-state index contributed by atoms with van der Waals surface area (Å²) in [5.74, 6) is 0.301. The Morgan fingerprint density at radius 2 is 1.85 bits per heavy atom. The van der Waals surface area contributed by atoms with Crippen LogP contribution in [0.2, 0.25) is 0 Å². The average molecular weight is 545 g/mol. The van der Waals surface area contributed by atoms with Gasteiger partial charge in [0.25, 0.3) is 0 Å². The second kappa shape index (κ2) is 8.80. The minimum atomic E-state index is -2.94. The zero-order chi connectivity index (χ0) is 27.9. The van der Waals surface area contributed by atoms with Crippen LogP contribution in [-0.2, 0) is 12.0 Å². The van der Waals surface area contributed by atoms with Gasteiger partial charge in [0, 0.05) is 35.0 Å². The van der Waals surface area contributed by atoms with Crippen molar-refractivity contribution in [3.05, 3.63) is 100 Å². The molecule has 4 aliphatic carbocycles. The number of ether oxygens (including phenoxy) is 1. The summed E-state index contributed by atoms with van der Waals surface area (Å²) in [6.45, 7) is 0.227. The number of rotatable bonds is 5. The quantitative estimate of drug-likeness (QED) is 0.364. The molecule has 3 aromatic rings. The van der Waals surface area contributed by atoms with E-state index in [0.717, 1.165) is 39.8 Å². The highest BCUT2D eigenvalue weighted by atomic mass is 19.3. The van der Waals surface area contributed by atoms with E-state index in [0.29, 0.717) is 23.3 Å². The Labute approximate surface area is 229 Å². The predicted octanol–water partition coefficient (Wildman–Crippen LogP) is 6.94. The molecule has 0 saturated heterocycles. The Hall–Kier alpha value is -3.91. The molecule has 2 bridgehead atoms. The van der Waals surface area contributed by atoms with Crippen LogP contribution in [0.4, 0.5) is 13.2 Å². The van der Waals surface area contributed by atoms with Gasteiger partial charge in [-0.05, 0) is 85.1 Å². The maximum atomic E-state index is 15.4. The lowest BCUT2D eigenvalue weighted by Gasteiger charge is -2.29. The summed E-state index contributed by atoms with van der Waals surface area (Å²) in [4.78, 5) is 8.46. The first-order chi connectivity index (χ1) is 19.1. The lowest BCUT2D eigenvalue weighted by molar-refractivity contribution is -0.0506. The van der Waals surface area contributed by atoms with E-state index >= 15 is 4.39 Å². The number of alkyl halides is 2. The molecule has 0 aliphatic heterocycles. The van der Waals surface area contributed by atoms with Gasteiger partial charge in [-0.2, -0.15) is 8.78 Å². The van der Waals surface area contributed by atoms with Gasteiger partial charge in [0.2, 0.25) is 0 Å². The summed E-state index contributed by atoms with van der Waals surface area (Å²) in [6.07, 6.45) is 10.2. The number of aliphatic hydroxyl groups excluding tert-OH is 1. The van der Waals surface area contributed by atoms with Gasteiger partial charge in [0.1, 0.15) is 22.9 Å². The van der Waals surface area contributed by atoms with Gasteiger partial charge in [-0.3, -0.25) is 0 Å². The van der Waals surface area contributed by atoms with E-state index in [4.69, 9.17) is 4.74 Å². The highest BCUT2D eigenvalue weighted by molar-refractivity contribution is 5.82. The minimum Gasteiger partial charge on any atom is -0.512 e. The third kappa shape index (κ3) is 4.04. The molecule has 1 saturated carbocycles. The summed E-state index contributed by atoms with van der Waals surface area (Å²) >= 11 is 0. The Morgan fingerprint density at radius 3 is 2.52 bits per heavy atom. The molecule has 5 nitrogen and oxygen atoms in total. The van der Waals surface area contributed by atoms with Crippen molar-refractivity contribution in [2.75, 3.05) is 0 Å². The first kappa shape index (κ1) is 25.1. The number of benzene rings is 2. The van der Waals surface area contributed by atoms with E-state index in [9.17, 15) is 19.0 Å². The van der Waals surface area contributed by atoms with Gasteiger partial charge in [-0.25, -0.2) is 14.4 Å². The second-order valence-corrected chi connectivity index (χ2v) is 11.6. The topological polar surface area (TPSA) is 75.5 Å². The van der Waals surface area contributed by atoms with Gasteiger partial charge in [-0.15, -0.1) is 0 Å². The van der Waals surface area contributed by atoms with Crippen LogP contribution in [0, 0.1) is 23.6 Å². The number of allylic oxidation sites excluding steroid dienone is 4. The van der Waals surface area contributed by atoms with Crippen LogP contribution in [0.5, 0.6) is 5.75 Å². The largest absolute Gasteiger partial charge is 0.512 e. The summed E-state index contributed by atoms with van der Waals surface area (Å²) in [5.41, 5.74) is 5.19. The molecule has 2 N–H and O–H groups in total. The smallest absolute Gasteiger partial charge is 0.387 e. The SMILES string of the molecule is CC(C)(O)c1ncc(-c2cc3c(cc2F)CC2C(=C3)C3CC2/C(=C/C2C=C2O)c2cccc(OC(F)F)c23)cn1. The number of fused-ring (bicyclic) bond motifs is 3. The van der Waals surface area contributed by atoms with E-state index in [1.807, 2.05) is 12.1 Å². The molecule has 4 unspecified atom stereocenters. The third-order valence-electron chi connectivity index (χ3n) is 8.59. The van der Waals surface area contributed by atoms with Gasteiger partial charge < -0.3 is 14.9 Å². The molecule has 4 atom stereocenters. The average Bonchev–Trinajstić information content (AvgIpc) is 3.52. The van der Waals surface area contributed by atoms with Gasteiger partial charge in [-0.1, -0.05) is 29.9 Å². The Kier molecular flexibility index (Phi) is 5.52. The zero-order valence-electron chi connectivity index (χ0n) is 21.9. The Balaban J connectivity index is 1.33. The highest BCUT2D eigenvalue weighted by Gasteiger charge is 2.49. The molecule has 7 rings (SSSR count). The maximum Gasteiger partial charge on any atom is 0.387 e. The molecule has 0 radical (unpaired) electrons. The molecule has 204 valence electrons. The number of nitrogens with zero attached hydrogens (tertiary/aromatic N) is 2. The zero-order valence-corrected chi connectivity index (χ0v) is 21.9. The molecule has 1 heterocycles. The molecular weight excluding hydrogens is 517 g/mol. The van der Waals surface area contributed by atoms with Crippen LogP contribution in [0.15, 0.2) is 66.2 Å². The van der Waals surface area contributed by atoms with Crippen molar-refractivity contribution in [2.45, 2.75) is 44.8 Å². The van der Waals surface area contributed by atoms with Crippen molar-refractivity contribution in [1.29, 1.82) is 0 Å². The number of halogens is 3. The van der Waals surface area contributed by atoms with E-state index < -0.39 is 12.2 Å². The van der Waals surface area contributed by atoms with Crippen molar-refractivity contribution < 1.29 is 28.1 Å². The van der Waals surface area contributed by atoms with Crippen molar-refractivity contribution in [3.63, 3.8) is 0 Å². The van der Waals surface area contributed by atoms with E-state index in [2.05, 4.69) is 16.0 Å². The van der Waals surface area contributed by atoms with Gasteiger partial charge in [0.05, 0.1) is 5.92 Å². The normalized spacial score (nSPS) is 25.2. The van der Waals surface area contributed by atoms with Crippen molar-refractivity contribution in [1.82, 2.24) is 9.97 Å². The van der Waals surface area contributed by atoms with E-state index in [1.165, 1.54) is 12.4 Å². The van der Waals surface area contributed by atoms with Crippen molar-refractivity contribution in [2.24, 2.45) is 17.8 Å². The van der Waals surface area contributed by atoms with Crippen LogP contribution < -0.4 is 4.74 Å². The Morgan fingerprint density at radius 1 is 1.10 bits per heavy atom. The number of hydrogen-bond acceptors (Lipinski definition) is 5. The standard InChI is InChI=1S/C32H27F3N2O3/c1-32(2,39)30-36-13-18(14-37-30)20-6-15-7-23-22(8-16(15)10-26(20)33)24-12-25(23)29-19(21(24)9-17-11-27(17)38)4-3-5-28(29)40-31(34)35/h3-7,9-11,13-14,17,22,24-25,31,38-39H,8,12H2,1-2H3/b21-9+. The molecule has 1 aromatic heterocycles. The van der Waals surface area contributed by atoms with Crippen LogP contribution in [0.3, 0.4) is 0 Å². The van der Waals surface area contributed by atoms with E-state index in [-0.39, 0.29) is 41.1 Å². The second-order valence-electron chi connectivity index (χ2n) is 11.6. The highest BCUT2D eigenvalue weighted by Crippen LogP contribution is 2.62. The first-order valence-electron chi connectivity index (χ1n) is 13.4. The first-order valence-corrected chi connectivity index (χ1v) is 13.4. The fourth-order valence-corrected chi connectivity index (χ4v) is 6.73. The van der Waals surface area contributed by atoms with Crippen molar-refractivity contribution >= 4 is 11.6 Å². The fourth-order valence-electron chi connectivity index (χ4n) is 6.73. The molecule has 0 amide bonds. The molecule has 0 spiro atoms. The molecular formula is C32H27F3N2O3. The number of aliphatic hydroxyl groups is 2. The summed E-state index contributed by atoms with van der Waals surface area (Å²) < 4.78 is 47.3. The number of aromatic nitrogens is 2. The van der Waals surface area contributed by atoms with Crippen LogP contribution in [0.25, 0.3) is 22.8 Å². The van der Waals surface area contributed by atoms with Gasteiger partial charge in [0.15, 0.2) is 5.82 Å². The Bertz CT molecular complexity index is 1640. The van der Waals surface area contributed by atoms with Crippen LogP contribution >= 0.6 is 0 Å². The maximum absolute atomic E-state index is 15.4. The molecule has 8 heteroatoms. The number of hydrogen-bond donors (Lipinski definition) is 2. The van der Waals surface area contributed by atoms with Crippen molar-refractivity contribution in [3.8, 4) is 16.9 Å². The van der Waals surface area contributed by atoms with Crippen LogP contribution in [-0.4, -0.2) is 26.8 Å².